The summed E-state index contributed by atoms with van der Waals surface area (Å²) in [4.78, 5) is 0. The van der Waals surface area contributed by atoms with Gasteiger partial charge in [0, 0.05) is 20.0 Å². The van der Waals surface area contributed by atoms with Crippen LogP contribution < -0.4 is 0 Å². The molecule has 2 rings (SSSR count). The summed E-state index contributed by atoms with van der Waals surface area (Å²) < 4.78 is 6.04. The maximum Gasteiger partial charge on any atom is 0.132 e. The third-order valence-corrected chi connectivity index (χ3v) is 3.67. The van der Waals surface area contributed by atoms with Gasteiger partial charge in [-0.15, -0.1) is 0 Å². The minimum atomic E-state index is 0.215. The Morgan fingerprint density at radius 1 is 1.25 bits per heavy atom. The van der Waals surface area contributed by atoms with Crippen LogP contribution in [0.3, 0.4) is 0 Å². The molecule has 0 bridgehead atoms. The first-order chi connectivity index (χ1) is 9.66. The molecule has 0 N–H and O–H groups in total. The second-order valence-electron chi connectivity index (χ2n) is 5.52. The van der Waals surface area contributed by atoms with E-state index in [9.17, 15) is 0 Å². The Labute approximate surface area is 121 Å². The lowest BCUT2D eigenvalue weighted by molar-refractivity contribution is 0.0753. The zero-order chi connectivity index (χ0) is 14.4. The fourth-order valence-electron chi connectivity index (χ4n) is 2.72. The molecule has 0 unspecified atom stereocenters. The molecule has 108 valence electrons. The first kappa shape index (κ1) is 14.6. The van der Waals surface area contributed by atoms with Crippen molar-refractivity contribution in [3.8, 4) is 0 Å². The van der Waals surface area contributed by atoms with Crippen LogP contribution in [0.25, 0.3) is 0 Å². The van der Waals surface area contributed by atoms with Crippen LogP contribution in [0.15, 0.2) is 47.8 Å². The van der Waals surface area contributed by atoms with Gasteiger partial charge in [0.25, 0.3) is 0 Å². The average Bonchev–Trinajstić information content (AvgIpc) is 2.47. The Morgan fingerprint density at radius 2 is 1.95 bits per heavy atom. The Balaban J connectivity index is 2.02. The fourth-order valence-corrected chi connectivity index (χ4v) is 2.72. The van der Waals surface area contributed by atoms with E-state index >= 15 is 0 Å². The van der Waals surface area contributed by atoms with Gasteiger partial charge in [-0.1, -0.05) is 43.3 Å². The topological polar surface area (TPSA) is 24.8 Å². The predicted octanol–water partition coefficient (Wildman–Crippen LogP) is 3.79. The van der Waals surface area contributed by atoms with E-state index in [0.717, 1.165) is 6.42 Å². The Hall–Kier alpha value is -1.77. The number of ether oxygens (including phenoxy) is 1. The maximum atomic E-state index is 6.04. The van der Waals surface area contributed by atoms with Crippen molar-refractivity contribution in [2.45, 2.75) is 37.7 Å². The van der Waals surface area contributed by atoms with Gasteiger partial charge in [0.05, 0.1) is 6.21 Å². The third kappa shape index (κ3) is 4.12. The van der Waals surface area contributed by atoms with E-state index in [1.807, 2.05) is 14.1 Å². The van der Waals surface area contributed by atoms with E-state index in [4.69, 9.17) is 4.74 Å². The van der Waals surface area contributed by atoms with E-state index in [0.29, 0.717) is 11.7 Å². The van der Waals surface area contributed by atoms with E-state index in [2.05, 4.69) is 42.0 Å². The van der Waals surface area contributed by atoms with Crippen molar-refractivity contribution < 1.29 is 4.74 Å². The van der Waals surface area contributed by atoms with Crippen LogP contribution in [-0.4, -0.2) is 31.4 Å². The highest BCUT2D eigenvalue weighted by atomic mass is 16.5. The molecule has 3 heteroatoms. The molecule has 0 amide bonds. The molecule has 20 heavy (non-hydrogen) atoms. The Bertz CT molecular complexity index is 453. The second-order valence-corrected chi connectivity index (χ2v) is 5.52. The molecule has 1 aromatic rings. The molecule has 0 spiro atoms. The smallest absolute Gasteiger partial charge is 0.132 e. The highest BCUT2D eigenvalue weighted by Gasteiger charge is 2.28. The Morgan fingerprint density at radius 3 is 2.65 bits per heavy atom. The number of hydrogen-bond acceptors (Lipinski definition) is 3. The van der Waals surface area contributed by atoms with E-state index in [1.165, 1.54) is 24.8 Å². The molecule has 0 radical (unpaired) electrons. The van der Waals surface area contributed by atoms with Crippen molar-refractivity contribution in [2.24, 2.45) is 5.10 Å². The second kappa shape index (κ2) is 7.13. The van der Waals surface area contributed by atoms with Crippen molar-refractivity contribution in [3.63, 3.8) is 0 Å². The van der Waals surface area contributed by atoms with Crippen LogP contribution in [-0.2, 0) is 4.74 Å². The van der Waals surface area contributed by atoms with Crippen LogP contribution in [0.5, 0.6) is 0 Å². The number of hydrogen-bond donors (Lipinski definition) is 0. The molecule has 1 fully saturated rings. The first-order valence-corrected chi connectivity index (χ1v) is 7.28. The van der Waals surface area contributed by atoms with Crippen LogP contribution in [0, 0.1) is 0 Å². The molecule has 0 aromatic heterocycles. The van der Waals surface area contributed by atoms with E-state index < -0.39 is 0 Å². The highest BCUT2D eigenvalue weighted by Crippen LogP contribution is 2.35. The largest absolute Gasteiger partial charge is 0.489 e. The molecule has 0 aliphatic heterocycles. The molecule has 0 saturated heterocycles. The number of benzene rings is 1. The SMILES string of the molecule is C=C(/C=N/N(C)C)O[C@@H]1CCCC[C@H]1c1ccccc1. The lowest BCUT2D eigenvalue weighted by atomic mass is 9.81. The van der Waals surface area contributed by atoms with Gasteiger partial charge in [-0.3, -0.25) is 0 Å². The molecule has 1 aromatic carbocycles. The summed E-state index contributed by atoms with van der Waals surface area (Å²) in [6.07, 6.45) is 6.69. The molecular formula is C17H24N2O. The van der Waals surface area contributed by atoms with Gasteiger partial charge in [0.2, 0.25) is 0 Å². The first-order valence-electron chi connectivity index (χ1n) is 7.28. The minimum Gasteiger partial charge on any atom is -0.489 e. The number of hydrazone groups is 1. The highest BCUT2D eigenvalue weighted by molar-refractivity contribution is 5.74. The summed E-state index contributed by atoms with van der Waals surface area (Å²) in [6, 6.07) is 10.7. The van der Waals surface area contributed by atoms with Crippen LogP contribution >= 0.6 is 0 Å². The maximum absolute atomic E-state index is 6.04. The quantitative estimate of drug-likeness (QED) is 0.463. The van der Waals surface area contributed by atoms with Crippen molar-refractivity contribution in [2.75, 3.05) is 14.1 Å². The standard InChI is InChI=1S/C17H24N2O/c1-14(13-18-19(2)3)20-17-12-8-7-11-16(17)15-9-5-4-6-10-15/h4-6,9-10,13,16-17H,1,7-8,11-12H2,2-3H3/b18-13+/t16-,17+/m0/s1. The van der Waals surface area contributed by atoms with Crippen LogP contribution in [0.4, 0.5) is 0 Å². The molecule has 0 heterocycles. The van der Waals surface area contributed by atoms with Gasteiger partial charge >= 0.3 is 0 Å². The normalized spacial score (nSPS) is 22.7. The average molecular weight is 272 g/mol. The number of rotatable bonds is 5. The summed E-state index contributed by atoms with van der Waals surface area (Å²) >= 11 is 0. The lowest BCUT2D eigenvalue weighted by Gasteiger charge is -2.32. The van der Waals surface area contributed by atoms with Gasteiger partial charge in [-0.25, -0.2) is 0 Å². The van der Waals surface area contributed by atoms with Gasteiger partial charge in [0.1, 0.15) is 11.9 Å². The summed E-state index contributed by atoms with van der Waals surface area (Å²) in [6.45, 7) is 3.95. The Kier molecular flexibility index (Phi) is 5.22. The van der Waals surface area contributed by atoms with Gasteiger partial charge in [-0.2, -0.15) is 5.10 Å². The molecule has 1 aliphatic carbocycles. The zero-order valence-electron chi connectivity index (χ0n) is 12.5. The summed E-state index contributed by atoms with van der Waals surface area (Å²) in [5, 5.41) is 5.91. The zero-order valence-corrected chi connectivity index (χ0v) is 12.5. The predicted molar refractivity (Wildman–Crippen MR) is 83.8 cm³/mol. The number of allylic oxidation sites excluding steroid dienone is 1. The van der Waals surface area contributed by atoms with Crippen LogP contribution in [0.1, 0.15) is 37.2 Å². The molecule has 2 atom stereocenters. The lowest BCUT2D eigenvalue weighted by Crippen LogP contribution is -2.26. The summed E-state index contributed by atoms with van der Waals surface area (Å²) in [7, 11) is 3.77. The van der Waals surface area contributed by atoms with Gasteiger partial charge in [-0.05, 0) is 24.8 Å². The monoisotopic (exact) mass is 272 g/mol. The summed E-state index contributed by atoms with van der Waals surface area (Å²) in [5.41, 5.74) is 1.37. The number of nitrogens with zero attached hydrogens (tertiary/aromatic N) is 2. The molecule has 1 aliphatic rings. The van der Waals surface area contributed by atoms with E-state index in [1.54, 1.807) is 11.2 Å². The van der Waals surface area contributed by atoms with Crippen molar-refractivity contribution >= 4 is 6.21 Å². The molecule has 3 nitrogen and oxygen atoms in total. The molecule has 1 saturated carbocycles. The molecular weight excluding hydrogens is 248 g/mol. The van der Waals surface area contributed by atoms with Gasteiger partial charge < -0.3 is 9.75 Å². The summed E-state index contributed by atoms with van der Waals surface area (Å²) in [5.74, 6) is 1.11. The van der Waals surface area contributed by atoms with Crippen molar-refractivity contribution in [1.29, 1.82) is 0 Å². The van der Waals surface area contributed by atoms with Crippen LogP contribution in [0.2, 0.25) is 0 Å². The van der Waals surface area contributed by atoms with E-state index in [-0.39, 0.29) is 6.10 Å². The minimum absolute atomic E-state index is 0.215. The van der Waals surface area contributed by atoms with Crippen molar-refractivity contribution in [3.05, 3.63) is 48.2 Å². The van der Waals surface area contributed by atoms with Crippen molar-refractivity contribution in [1.82, 2.24) is 5.01 Å². The third-order valence-electron chi connectivity index (χ3n) is 3.67. The van der Waals surface area contributed by atoms with Gasteiger partial charge in [0.15, 0.2) is 0 Å². The fraction of sp³-hybridized carbons (Fsp3) is 0.471.